The molecule has 1 saturated heterocycles. The number of pyridine rings is 1. The van der Waals surface area contributed by atoms with Crippen molar-refractivity contribution in [2.75, 3.05) is 25.4 Å². The van der Waals surface area contributed by atoms with Crippen molar-refractivity contribution in [3.63, 3.8) is 0 Å². The third-order valence-electron chi connectivity index (χ3n) is 4.62. The van der Waals surface area contributed by atoms with Gasteiger partial charge in [-0.1, -0.05) is 31.2 Å². The molecule has 0 saturated carbocycles. The number of hydrogen-bond donors (Lipinski definition) is 1. The molecule has 2 atom stereocenters. The molecule has 0 amide bonds. The van der Waals surface area contributed by atoms with Gasteiger partial charge in [0.15, 0.2) is 0 Å². The molecule has 1 fully saturated rings. The van der Waals surface area contributed by atoms with E-state index in [4.69, 9.17) is 0 Å². The van der Waals surface area contributed by atoms with Crippen LogP contribution in [0.3, 0.4) is 0 Å². The fourth-order valence-electron chi connectivity index (χ4n) is 3.33. The van der Waals surface area contributed by atoms with E-state index < -0.39 is 0 Å². The van der Waals surface area contributed by atoms with Crippen molar-refractivity contribution in [1.29, 1.82) is 0 Å². The third kappa shape index (κ3) is 5.33. The molecule has 1 aromatic carbocycles. The molecule has 3 rings (SSSR count). The smallest absolute Gasteiger partial charge is 0.0543 e. The summed E-state index contributed by atoms with van der Waals surface area (Å²) in [7, 11) is 0. The molecule has 0 bridgehead atoms. The first kappa shape index (κ1) is 17.5. The molecule has 4 heteroatoms. The van der Waals surface area contributed by atoms with Crippen LogP contribution in [0.5, 0.6) is 0 Å². The first-order chi connectivity index (χ1) is 11.8. The molecule has 1 aliphatic heterocycles. The van der Waals surface area contributed by atoms with Crippen molar-refractivity contribution in [3.05, 3.63) is 60.4 Å². The van der Waals surface area contributed by atoms with Gasteiger partial charge in [0.25, 0.3) is 0 Å². The molecule has 0 unspecified atom stereocenters. The van der Waals surface area contributed by atoms with Gasteiger partial charge < -0.3 is 5.32 Å². The zero-order valence-corrected chi connectivity index (χ0v) is 15.2. The van der Waals surface area contributed by atoms with Crippen molar-refractivity contribution in [2.24, 2.45) is 5.92 Å². The largest absolute Gasteiger partial charge is 0.313 e. The van der Waals surface area contributed by atoms with Gasteiger partial charge >= 0.3 is 0 Å². The number of rotatable bonds is 7. The molecule has 128 valence electrons. The monoisotopic (exact) mass is 341 g/mol. The fraction of sp³-hybridized carbons (Fsp3) is 0.450. The van der Waals surface area contributed by atoms with Gasteiger partial charge in [-0.2, -0.15) is 0 Å². The molecule has 0 spiro atoms. The first-order valence-electron chi connectivity index (χ1n) is 8.85. The van der Waals surface area contributed by atoms with Crippen LogP contribution in [0.4, 0.5) is 0 Å². The fourth-order valence-corrected chi connectivity index (χ4v) is 4.13. The highest BCUT2D eigenvalue weighted by atomic mass is 32.2. The summed E-state index contributed by atoms with van der Waals surface area (Å²) in [6, 6.07) is 17.5. The maximum Gasteiger partial charge on any atom is 0.0543 e. The molecule has 0 aliphatic carbocycles. The molecule has 3 nitrogen and oxygen atoms in total. The number of thioether (sulfide) groups is 1. The Labute approximate surface area is 149 Å². The van der Waals surface area contributed by atoms with Crippen LogP contribution in [0.2, 0.25) is 0 Å². The van der Waals surface area contributed by atoms with E-state index in [1.807, 2.05) is 24.0 Å². The summed E-state index contributed by atoms with van der Waals surface area (Å²) in [5, 5.41) is 3.76. The summed E-state index contributed by atoms with van der Waals surface area (Å²) in [6.07, 6.45) is 3.11. The average Bonchev–Trinajstić information content (AvgIpc) is 2.62. The Kier molecular flexibility index (Phi) is 6.70. The van der Waals surface area contributed by atoms with Crippen LogP contribution < -0.4 is 5.32 Å². The highest BCUT2D eigenvalue weighted by molar-refractivity contribution is 7.99. The van der Waals surface area contributed by atoms with Crippen molar-refractivity contribution in [3.8, 4) is 0 Å². The maximum atomic E-state index is 4.45. The van der Waals surface area contributed by atoms with E-state index >= 15 is 0 Å². The zero-order valence-electron chi connectivity index (χ0n) is 14.4. The van der Waals surface area contributed by atoms with E-state index in [2.05, 4.69) is 64.6 Å². The topological polar surface area (TPSA) is 28.2 Å². The molecular weight excluding hydrogens is 314 g/mol. The lowest BCUT2D eigenvalue weighted by molar-refractivity contribution is 0.141. The van der Waals surface area contributed by atoms with Crippen LogP contribution in [0.15, 0.2) is 59.6 Å². The quantitative estimate of drug-likeness (QED) is 0.614. The van der Waals surface area contributed by atoms with Gasteiger partial charge in [-0.25, -0.2) is 0 Å². The van der Waals surface area contributed by atoms with Crippen LogP contribution in [0, 0.1) is 5.92 Å². The summed E-state index contributed by atoms with van der Waals surface area (Å²) in [6.45, 7) is 6.73. The number of hydrogen-bond acceptors (Lipinski definition) is 4. The minimum atomic E-state index is 0.640. The first-order valence-corrected chi connectivity index (χ1v) is 9.83. The van der Waals surface area contributed by atoms with Crippen LogP contribution in [-0.2, 0) is 6.54 Å². The van der Waals surface area contributed by atoms with Crippen LogP contribution in [0.25, 0.3) is 0 Å². The summed E-state index contributed by atoms with van der Waals surface area (Å²) in [5.74, 6) is 1.81. The number of aromatic nitrogens is 1. The molecule has 2 heterocycles. The third-order valence-corrected chi connectivity index (χ3v) is 5.64. The summed E-state index contributed by atoms with van der Waals surface area (Å²) in [4.78, 5) is 8.34. The molecule has 24 heavy (non-hydrogen) atoms. The van der Waals surface area contributed by atoms with E-state index in [1.54, 1.807) is 0 Å². The summed E-state index contributed by atoms with van der Waals surface area (Å²) in [5.41, 5.74) is 1.18. The number of nitrogens with zero attached hydrogens (tertiary/aromatic N) is 2. The lowest BCUT2D eigenvalue weighted by Gasteiger charge is -2.37. The van der Waals surface area contributed by atoms with Gasteiger partial charge in [-0.15, -0.1) is 11.8 Å². The highest BCUT2D eigenvalue weighted by Gasteiger charge is 2.25. The predicted octanol–water partition coefficient (Wildman–Crippen LogP) is 3.67. The lowest BCUT2D eigenvalue weighted by atomic mass is 9.93. The van der Waals surface area contributed by atoms with Crippen LogP contribution in [-0.4, -0.2) is 41.3 Å². The molecule has 1 aromatic heterocycles. The average molecular weight is 342 g/mol. The summed E-state index contributed by atoms with van der Waals surface area (Å²) < 4.78 is 0. The SMILES string of the molecule is C[C@H]1CN(Cc2ccccn2)CC[C@@H]1NCCSc1ccccc1. The second-order valence-corrected chi connectivity index (χ2v) is 7.71. The Bertz CT molecular complexity index is 588. The van der Waals surface area contributed by atoms with Gasteiger partial charge in [0.05, 0.1) is 5.69 Å². The Morgan fingerprint density at radius 3 is 2.75 bits per heavy atom. The molecule has 1 aliphatic rings. The number of likely N-dealkylation sites (tertiary alicyclic amines) is 1. The zero-order chi connectivity index (χ0) is 16.6. The summed E-state index contributed by atoms with van der Waals surface area (Å²) >= 11 is 1.93. The van der Waals surface area contributed by atoms with Gasteiger partial charge in [-0.05, 0) is 36.6 Å². The van der Waals surface area contributed by atoms with Gasteiger partial charge in [0.2, 0.25) is 0 Å². The Morgan fingerprint density at radius 1 is 1.17 bits per heavy atom. The van der Waals surface area contributed by atoms with Gasteiger partial charge in [0.1, 0.15) is 0 Å². The lowest BCUT2D eigenvalue weighted by Crippen LogP contribution is -2.48. The normalized spacial score (nSPS) is 21.7. The second kappa shape index (κ2) is 9.21. The van der Waals surface area contributed by atoms with Crippen molar-refractivity contribution in [2.45, 2.75) is 30.8 Å². The Balaban J connectivity index is 1.36. The van der Waals surface area contributed by atoms with Crippen molar-refractivity contribution in [1.82, 2.24) is 15.2 Å². The predicted molar refractivity (Wildman–Crippen MR) is 102 cm³/mol. The Morgan fingerprint density at radius 2 is 2.00 bits per heavy atom. The molecular formula is C20H27N3S. The number of benzene rings is 1. The van der Waals surface area contributed by atoms with Gasteiger partial charge in [-0.3, -0.25) is 9.88 Å². The number of nitrogens with one attached hydrogen (secondary N) is 1. The standard InChI is InChI=1S/C20H27N3S/c1-17-15-23(16-18-7-5-6-11-21-18)13-10-20(17)22-12-14-24-19-8-3-2-4-9-19/h2-9,11,17,20,22H,10,12-16H2,1H3/t17-,20-/m0/s1. The van der Waals surface area contributed by atoms with E-state index in [1.165, 1.54) is 17.0 Å². The second-order valence-electron chi connectivity index (χ2n) is 6.54. The highest BCUT2D eigenvalue weighted by Crippen LogP contribution is 2.19. The number of piperidine rings is 1. The van der Waals surface area contributed by atoms with E-state index in [0.717, 1.165) is 31.9 Å². The molecule has 1 N–H and O–H groups in total. The Hall–Kier alpha value is -1.36. The minimum absolute atomic E-state index is 0.640. The minimum Gasteiger partial charge on any atom is -0.313 e. The van der Waals surface area contributed by atoms with Gasteiger partial charge in [0, 0.05) is 49.1 Å². The van der Waals surface area contributed by atoms with E-state index in [-0.39, 0.29) is 0 Å². The molecule has 0 radical (unpaired) electrons. The van der Waals surface area contributed by atoms with Crippen LogP contribution >= 0.6 is 11.8 Å². The van der Waals surface area contributed by atoms with Crippen LogP contribution in [0.1, 0.15) is 19.0 Å². The van der Waals surface area contributed by atoms with E-state index in [0.29, 0.717) is 12.0 Å². The van der Waals surface area contributed by atoms with Crippen molar-refractivity contribution < 1.29 is 0 Å². The maximum absolute atomic E-state index is 4.45. The molecule has 2 aromatic rings. The van der Waals surface area contributed by atoms with E-state index in [9.17, 15) is 0 Å². The van der Waals surface area contributed by atoms with Crippen molar-refractivity contribution >= 4 is 11.8 Å².